The van der Waals surface area contributed by atoms with E-state index >= 15 is 0 Å². The maximum atomic E-state index is 10.5. The molecule has 1 rings (SSSR count). The molecular formula is C8H11O2. The monoisotopic (exact) mass is 139 g/mol. The van der Waals surface area contributed by atoms with Crippen molar-refractivity contribution in [3.05, 3.63) is 12.2 Å². The van der Waals surface area contributed by atoms with Gasteiger partial charge < -0.3 is 5.11 Å². The van der Waals surface area contributed by atoms with Crippen LogP contribution in [0.2, 0.25) is 0 Å². The Bertz CT molecular complexity index is 149. The van der Waals surface area contributed by atoms with Gasteiger partial charge in [-0.25, -0.2) is 0 Å². The third-order valence-electron chi connectivity index (χ3n) is 1.77. The average molecular weight is 139 g/mol. The lowest BCUT2D eigenvalue weighted by Gasteiger charge is -2.04. The minimum atomic E-state index is -0.667. The Kier molecular flexibility index (Phi) is 2.49. The summed E-state index contributed by atoms with van der Waals surface area (Å²) in [6.07, 6.45) is 8.25. The maximum Gasteiger partial charge on any atom is 0.306 e. The Morgan fingerprint density at radius 3 is 3.20 bits per heavy atom. The summed E-state index contributed by atoms with van der Waals surface area (Å²) < 4.78 is 0. The van der Waals surface area contributed by atoms with Gasteiger partial charge in [0.05, 0.1) is 5.92 Å². The Morgan fingerprint density at radius 2 is 2.50 bits per heavy atom. The molecule has 1 N–H and O–H groups in total. The molecule has 0 amide bonds. The SMILES string of the molecule is O=C(O)C1CC=[C]CCC1. The summed E-state index contributed by atoms with van der Waals surface area (Å²) in [5, 5.41) is 8.62. The fraction of sp³-hybridized carbons (Fsp3) is 0.625. The fourth-order valence-electron chi connectivity index (χ4n) is 1.12. The highest BCUT2D eigenvalue weighted by Gasteiger charge is 2.15. The van der Waals surface area contributed by atoms with Crippen molar-refractivity contribution in [2.45, 2.75) is 25.7 Å². The zero-order valence-corrected chi connectivity index (χ0v) is 5.84. The number of carboxylic acid groups (broad SMARTS) is 1. The second-order valence-corrected chi connectivity index (χ2v) is 2.57. The molecule has 0 saturated heterocycles. The number of allylic oxidation sites excluding steroid dienone is 2. The lowest BCUT2D eigenvalue weighted by Crippen LogP contribution is -2.11. The molecule has 1 aliphatic carbocycles. The Balaban J connectivity index is 2.45. The van der Waals surface area contributed by atoms with E-state index in [-0.39, 0.29) is 5.92 Å². The van der Waals surface area contributed by atoms with Gasteiger partial charge in [-0.2, -0.15) is 0 Å². The molecule has 1 radical (unpaired) electrons. The van der Waals surface area contributed by atoms with Gasteiger partial charge in [0, 0.05) is 0 Å². The number of hydrogen-bond acceptors (Lipinski definition) is 1. The quantitative estimate of drug-likeness (QED) is 0.599. The van der Waals surface area contributed by atoms with Crippen molar-refractivity contribution >= 4 is 5.97 Å². The van der Waals surface area contributed by atoms with Crippen molar-refractivity contribution in [2.75, 3.05) is 0 Å². The molecule has 2 nitrogen and oxygen atoms in total. The first-order valence-electron chi connectivity index (χ1n) is 3.58. The molecule has 0 heterocycles. The molecule has 2 heteroatoms. The van der Waals surface area contributed by atoms with Crippen molar-refractivity contribution in [3.8, 4) is 0 Å². The van der Waals surface area contributed by atoms with Crippen molar-refractivity contribution < 1.29 is 9.90 Å². The zero-order valence-electron chi connectivity index (χ0n) is 5.84. The predicted octanol–water partition coefficient (Wildman–Crippen LogP) is 1.62. The molecular weight excluding hydrogens is 128 g/mol. The van der Waals surface area contributed by atoms with E-state index in [2.05, 4.69) is 6.08 Å². The fourth-order valence-corrected chi connectivity index (χ4v) is 1.12. The first-order chi connectivity index (χ1) is 4.80. The van der Waals surface area contributed by atoms with Crippen molar-refractivity contribution in [2.24, 2.45) is 5.92 Å². The second-order valence-electron chi connectivity index (χ2n) is 2.57. The van der Waals surface area contributed by atoms with Crippen LogP contribution in [-0.2, 0) is 4.79 Å². The zero-order chi connectivity index (χ0) is 7.40. The predicted molar refractivity (Wildman–Crippen MR) is 37.4 cm³/mol. The molecule has 1 unspecified atom stereocenters. The minimum Gasteiger partial charge on any atom is -0.481 e. The molecule has 55 valence electrons. The van der Waals surface area contributed by atoms with E-state index in [0.717, 1.165) is 19.3 Å². The van der Waals surface area contributed by atoms with E-state index in [4.69, 9.17) is 5.11 Å². The highest BCUT2D eigenvalue weighted by Crippen LogP contribution is 2.17. The van der Waals surface area contributed by atoms with Crippen LogP contribution in [0.5, 0.6) is 0 Å². The van der Waals surface area contributed by atoms with Crippen molar-refractivity contribution in [1.29, 1.82) is 0 Å². The Morgan fingerprint density at radius 1 is 1.70 bits per heavy atom. The smallest absolute Gasteiger partial charge is 0.306 e. The molecule has 10 heavy (non-hydrogen) atoms. The second kappa shape index (κ2) is 3.40. The topological polar surface area (TPSA) is 37.3 Å². The Hall–Kier alpha value is -0.790. The van der Waals surface area contributed by atoms with E-state index in [1.165, 1.54) is 0 Å². The molecule has 0 aliphatic heterocycles. The molecule has 1 atom stereocenters. The molecule has 0 aromatic rings. The van der Waals surface area contributed by atoms with Crippen LogP contribution in [0.25, 0.3) is 0 Å². The normalized spacial score (nSPS) is 25.8. The van der Waals surface area contributed by atoms with Gasteiger partial charge in [-0.15, -0.1) is 0 Å². The van der Waals surface area contributed by atoms with Crippen LogP contribution in [0.3, 0.4) is 0 Å². The lowest BCUT2D eigenvalue weighted by molar-refractivity contribution is -0.141. The number of aliphatic carboxylic acids is 1. The van der Waals surface area contributed by atoms with Crippen LogP contribution < -0.4 is 0 Å². The number of hydrogen-bond donors (Lipinski definition) is 1. The molecule has 0 aromatic heterocycles. The van der Waals surface area contributed by atoms with E-state index in [9.17, 15) is 4.79 Å². The highest BCUT2D eigenvalue weighted by molar-refractivity contribution is 5.70. The van der Waals surface area contributed by atoms with Gasteiger partial charge in [0.1, 0.15) is 0 Å². The van der Waals surface area contributed by atoms with E-state index in [1.807, 2.05) is 6.08 Å². The molecule has 0 fully saturated rings. The van der Waals surface area contributed by atoms with Crippen LogP contribution in [-0.4, -0.2) is 11.1 Å². The molecule has 0 aromatic carbocycles. The maximum absolute atomic E-state index is 10.5. The van der Waals surface area contributed by atoms with E-state index in [0.29, 0.717) is 6.42 Å². The standard InChI is InChI=1S/C8H11O2/c9-8(10)7-5-3-1-2-4-6-7/h4,7H,1,3,5-6H2,(H,9,10). The van der Waals surface area contributed by atoms with E-state index < -0.39 is 5.97 Å². The van der Waals surface area contributed by atoms with Crippen molar-refractivity contribution in [3.63, 3.8) is 0 Å². The summed E-state index contributed by atoms with van der Waals surface area (Å²) in [5.41, 5.74) is 0. The van der Waals surface area contributed by atoms with Gasteiger partial charge >= 0.3 is 5.97 Å². The lowest BCUT2D eigenvalue weighted by atomic mass is 10.0. The van der Waals surface area contributed by atoms with Crippen molar-refractivity contribution in [1.82, 2.24) is 0 Å². The molecule has 0 saturated carbocycles. The highest BCUT2D eigenvalue weighted by atomic mass is 16.4. The summed E-state index contributed by atoms with van der Waals surface area (Å²) in [4.78, 5) is 10.5. The van der Waals surface area contributed by atoms with Gasteiger partial charge in [-0.3, -0.25) is 4.79 Å². The van der Waals surface area contributed by atoms with Gasteiger partial charge in [-0.1, -0.05) is 6.08 Å². The summed E-state index contributed by atoms with van der Waals surface area (Å²) in [6.45, 7) is 0. The third kappa shape index (κ3) is 1.87. The molecule has 1 aliphatic rings. The van der Waals surface area contributed by atoms with Crippen LogP contribution in [0.1, 0.15) is 25.7 Å². The molecule has 0 spiro atoms. The summed E-state index contributed by atoms with van der Waals surface area (Å²) in [7, 11) is 0. The van der Waals surface area contributed by atoms with Gasteiger partial charge in [-0.05, 0) is 31.8 Å². The van der Waals surface area contributed by atoms with Gasteiger partial charge in [0.15, 0.2) is 0 Å². The van der Waals surface area contributed by atoms with Gasteiger partial charge in [0.25, 0.3) is 0 Å². The first-order valence-corrected chi connectivity index (χ1v) is 3.58. The summed E-state index contributed by atoms with van der Waals surface area (Å²) in [6, 6.07) is 0. The largest absolute Gasteiger partial charge is 0.481 e. The molecule has 0 bridgehead atoms. The van der Waals surface area contributed by atoms with Crippen LogP contribution >= 0.6 is 0 Å². The number of rotatable bonds is 1. The first kappa shape index (κ1) is 7.32. The summed E-state index contributed by atoms with van der Waals surface area (Å²) in [5.74, 6) is -0.824. The number of carbonyl (C=O) groups is 1. The number of carboxylic acids is 1. The summed E-state index contributed by atoms with van der Waals surface area (Å²) >= 11 is 0. The van der Waals surface area contributed by atoms with Crippen LogP contribution in [0.4, 0.5) is 0 Å². The van der Waals surface area contributed by atoms with Crippen LogP contribution in [0, 0.1) is 12.0 Å². The minimum absolute atomic E-state index is 0.157. The Labute approximate surface area is 60.6 Å². The van der Waals surface area contributed by atoms with Crippen LogP contribution in [0.15, 0.2) is 6.08 Å². The average Bonchev–Trinajstić information content (AvgIpc) is 2.12. The van der Waals surface area contributed by atoms with Gasteiger partial charge in [0.2, 0.25) is 0 Å². The van der Waals surface area contributed by atoms with E-state index in [1.54, 1.807) is 0 Å². The third-order valence-corrected chi connectivity index (χ3v) is 1.77.